The molecule has 1 aliphatic rings. The summed E-state index contributed by atoms with van der Waals surface area (Å²) in [5.74, 6) is -0.0419. The molecule has 1 fully saturated rings. The molecule has 190 valence electrons. The third-order valence-electron chi connectivity index (χ3n) is 7.19. The Kier molecular flexibility index (Phi) is 8.62. The lowest BCUT2D eigenvalue weighted by Gasteiger charge is -2.44. The van der Waals surface area contributed by atoms with Gasteiger partial charge in [-0.1, -0.05) is 73.1 Å². The van der Waals surface area contributed by atoms with E-state index in [1.54, 1.807) is 7.05 Å². The number of nitrogens with zero attached hydrogens (tertiary/aromatic N) is 2. The summed E-state index contributed by atoms with van der Waals surface area (Å²) >= 11 is 5.98. The highest BCUT2D eigenvalue weighted by atomic mass is 35.5. The van der Waals surface area contributed by atoms with Gasteiger partial charge in [-0.25, -0.2) is 0 Å². The predicted molar refractivity (Wildman–Crippen MR) is 146 cm³/mol. The van der Waals surface area contributed by atoms with Crippen LogP contribution in [0.2, 0.25) is 5.02 Å². The molecular formula is C29H35ClN4O2. The van der Waals surface area contributed by atoms with Gasteiger partial charge in [-0.15, -0.1) is 0 Å². The van der Waals surface area contributed by atoms with Gasteiger partial charge in [0.15, 0.2) is 0 Å². The Morgan fingerprint density at radius 1 is 1.00 bits per heavy atom. The highest BCUT2D eigenvalue weighted by Crippen LogP contribution is 2.22. The summed E-state index contributed by atoms with van der Waals surface area (Å²) in [6.45, 7) is 3.90. The fourth-order valence-electron chi connectivity index (χ4n) is 5.12. The fourth-order valence-corrected chi connectivity index (χ4v) is 5.25. The molecule has 3 aromatic carbocycles. The molecule has 0 aliphatic carbocycles. The first kappa shape index (κ1) is 26.1. The average Bonchev–Trinajstić information content (AvgIpc) is 2.91. The predicted octanol–water partition coefficient (Wildman–Crippen LogP) is 3.64. The summed E-state index contributed by atoms with van der Waals surface area (Å²) in [5, 5.41) is 5.86. The zero-order chi connectivity index (χ0) is 25.7. The van der Waals surface area contributed by atoms with Crippen LogP contribution in [-0.4, -0.2) is 66.4 Å². The van der Waals surface area contributed by atoms with Crippen molar-refractivity contribution in [3.63, 3.8) is 0 Å². The molecule has 7 heteroatoms. The second-order valence-electron chi connectivity index (χ2n) is 9.54. The van der Waals surface area contributed by atoms with Gasteiger partial charge in [0.2, 0.25) is 11.8 Å². The standard InChI is InChI=1S/C29H35ClN4O2/c1-3-25-19-33(14-15-34(25)29(36)26(31)17-20-9-12-24(30)13-10-20)27(28(35)32-2)18-21-8-11-22-6-4-5-7-23(22)16-21/h4-13,16,25-27H,3,14-15,17-19,31H2,1-2H3,(H,32,35)/t25-,26+,27-/m0/s1. The second kappa shape index (κ2) is 11.9. The Bertz CT molecular complexity index is 1200. The number of piperazine rings is 1. The van der Waals surface area contributed by atoms with E-state index in [1.807, 2.05) is 41.3 Å². The minimum absolute atomic E-state index is 0.00257. The maximum atomic E-state index is 13.3. The normalized spacial score (nSPS) is 18.1. The van der Waals surface area contributed by atoms with Crippen LogP contribution >= 0.6 is 11.6 Å². The highest BCUT2D eigenvalue weighted by Gasteiger charge is 2.36. The highest BCUT2D eigenvalue weighted by molar-refractivity contribution is 6.30. The van der Waals surface area contributed by atoms with Crippen LogP contribution in [0.15, 0.2) is 66.7 Å². The van der Waals surface area contributed by atoms with Gasteiger partial charge in [0.1, 0.15) is 0 Å². The number of fused-ring (bicyclic) bond motifs is 1. The molecule has 0 radical (unpaired) electrons. The Hall–Kier alpha value is -2.93. The van der Waals surface area contributed by atoms with Crippen molar-refractivity contribution < 1.29 is 9.59 Å². The van der Waals surface area contributed by atoms with Gasteiger partial charge in [0.05, 0.1) is 12.1 Å². The van der Waals surface area contributed by atoms with Crippen molar-refractivity contribution in [2.24, 2.45) is 5.73 Å². The van der Waals surface area contributed by atoms with Crippen LogP contribution in [0.25, 0.3) is 10.8 Å². The number of nitrogens with one attached hydrogen (secondary N) is 1. The largest absolute Gasteiger partial charge is 0.358 e. The summed E-state index contributed by atoms with van der Waals surface area (Å²) in [6.07, 6.45) is 1.88. The molecule has 3 aromatic rings. The van der Waals surface area contributed by atoms with Gasteiger partial charge in [-0.3, -0.25) is 14.5 Å². The molecular weight excluding hydrogens is 472 g/mol. The number of amides is 2. The molecule has 0 unspecified atom stereocenters. The third kappa shape index (κ3) is 6.06. The van der Waals surface area contributed by atoms with Crippen molar-refractivity contribution in [1.82, 2.24) is 15.1 Å². The second-order valence-corrected chi connectivity index (χ2v) is 9.98. The SMILES string of the molecule is CC[C@H]1CN([C@@H](Cc2ccc3ccccc3c2)C(=O)NC)CCN1C(=O)[C@H](N)Cc1ccc(Cl)cc1. The molecule has 1 heterocycles. The van der Waals surface area contributed by atoms with Crippen molar-refractivity contribution in [3.05, 3.63) is 82.9 Å². The number of carbonyl (C=O) groups is 2. The monoisotopic (exact) mass is 506 g/mol. The van der Waals surface area contributed by atoms with Crippen LogP contribution in [0.5, 0.6) is 0 Å². The third-order valence-corrected chi connectivity index (χ3v) is 7.44. The number of hydrogen-bond acceptors (Lipinski definition) is 4. The molecule has 0 aromatic heterocycles. The van der Waals surface area contributed by atoms with Crippen molar-refractivity contribution in [2.45, 2.75) is 44.3 Å². The lowest BCUT2D eigenvalue weighted by molar-refractivity contribution is -0.139. The Morgan fingerprint density at radius 3 is 2.39 bits per heavy atom. The van der Waals surface area contributed by atoms with E-state index in [1.165, 1.54) is 10.8 Å². The molecule has 0 bridgehead atoms. The number of benzene rings is 3. The average molecular weight is 507 g/mol. The van der Waals surface area contributed by atoms with Gasteiger partial charge in [0, 0.05) is 37.7 Å². The topological polar surface area (TPSA) is 78.7 Å². The zero-order valence-corrected chi connectivity index (χ0v) is 21.7. The van der Waals surface area contributed by atoms with E-state index < -0.39 is 6.04 Å². The van der Waals surface area contributed by atoms with Crippen LogP contribution in [-0.2, 0) is 22.4 Å². The van der Waals surface area contributed by atoms with Gasteiger partial charge in [-0.05, 0) is 53.3 Å². The molecule has 3 N–H and O–H groups in total. The van der Waals surface area contributed by atoms with E-state index in [0.29, 0.717) is 37.5 Å². The smallest absolute Gasteiger partial charge is 0.240 e. The summed E-state index contributed by atoms with van der Waals surface area (Å²) in [7, 11) is 1.68. The molecule has 0 spiro atoms. The molecule has 1 saturated heterocycles. The first-order valence-electron chi connectivity index (χ1n) is 12.6. The Morgan fingerprint density at radius 2 is 1.69 bits per heavy atom. The molecule has 1 aliphatic heterocycles. The number of carbonyl (C=O) groups excluding carboxylic acids is 2. The van der Waals surface area contributed by atoms with Crippen molar-refractivity contribution >= 4 is 34.2 Å². The number of rotatable bonds is 8. The lowest BCUT2D eigenvalue weighted by Crippen LogP contribution is -2.62. The molecule has 3 atom stereocenters. The quantitative estimate of drug-likeness (QED) is 0.489. The minimum Gasteiger partial charge on any atom is -0.358 e. The maximum Gasteiger partial charge on any atom is 0.240 e. The summed E-state index contributed by atoms with van der Waals surface area (Å²) in [6, 6.07) is 21.2. The van der Waals surface area contributed by atoms with Gasteiger partial charge in [0.25, 0.3) is 0 Å². The van der Waals surface area contributed by atoms with Crippen LogP contribution < -0.4 is 11.1 Å². The molecule has 0 saturated carbocycles. The van der Waals surface area contributed by atoms with Crippen LogP contribution in [0.1, 0.15) is 24.5 Å². The van der Waals surface area contributed by atoms with Gasteiger partial charge in [-0.2, -0.15) is 0 Å². The van der Waals surface area contributed by atoms with E-state index in [2.05, 4.69) is 47.5 Å². The number of nitrogens with two attached hydrogens (primary N) is 1. The van der Waals surface area contributed by atoms with E-state index in [4.69, 9.17) is 17.3 Å². The van der Waals surface area contributed by atoms with Gasteiger partial charge < -0.3 is 16.0 Å². The van der Waals surface area contributed by atoms with Crippen LogP contribution in [0, 0.1) is 0 Å². The fraction of sp³-hybridized carbons (Fsp3) is 0.379. The number of likely N-dealkylation sites (N-methyl/N-ethyl adjacent to an activating group) is 1. The lowest BCUT2D eigenvalue weighted by atomic mass is 9.98. The summed E-state index contributed by atoms with van der Waals surface area (Å²) < 4.78 is 0. The molecule has 2 amide bonds. The summed E-state index contributed by atoms with van der Waals surface area (Å²) in [4.78, 5) is 30.4. The Balaban J connectivity index is 1.45. The van der Waals surface area contributed by atoms with Crippen LogP contribution in [0.4, 0.5) is 0 Å². The van der Waals surface area contributed by atoms with E-state index in [-0.39, 0.29) is 23.9 Å². The van der Waals surface area contributed by atoms with E-state index in [9.17, 15) is 9.59 Å². The van der Waals surface area contributed by atoms with E-state index in [0.717, 1.165) is 17.5 Å². The first-order chi connectivity index (χ1) is 17.4. The van der Waals surface area contributed by atoms with Crippen molar-refractivity contribution in [2.75, 3.05) is 26.7 Å². The number of hydrogen-bond donors (Lipinski definition) is 2. The molecule has 6 nitrogen and oxygen atoms in total. The molecule has 4 rings (SSSR count). The Labute approximate surface area is 218 Å². The number of halogens is 1. The zero-order valence-electron chi connectivity index (χ0n) is 21.0. The minimum atomic E-state index is -0.612. The van der Waals surface area contributed by atoms with E-state index >= 15 is 0 Å². The maximum absolute atomic E-state index is 13.3. The first-order valence-corrected chi connectivity index (χ1v) is 13.0. The molecule has 36 heavy (non-hydrogen) atoms. The summed E-state index contributed by atoms with van der Waals surface area (Å²) in [5.41, 5.74) is 8.46. The van der Waals surface area contributed by atoms with Crippen molar-refractivity contribution in [1.29, 1.82) is 0 Å². The van der Waals surface area contributed by atoms with Crippen LogP contribution in [0.3, 0.4) is 0 Å². The van der Waals surface area contributed by atoms with Gasteiger partial charge >= 0.3 is 0 Å². The van der Waals surface area contributed by atoms with Crippen molar-refractivity contribution in [3.8, 4) is 0 Å².